The summed E-state index contributed by atoms with van der Waals surface area (Å²) in [6.07, 6.45) is 0. The number of rotatable bonds is 2. The van der Waals surface area contributed by atoms with Gasteiger partial charge in [0.25, 0.3) is 5.91 Å². The molecular formula is C11H11BrN2O3S. The zero-order chi connectivity index (χ0) is 13.3. The molecule has 1 heterocycles. The number of carbonyl (C=O) groups excluding carboxylic acids is 1. The van der Waals surface area contributed by atoms with Gasteiger partial charge < -0.3 is 15.7 Å². The predicted molar refractivity (Wildman–Crippen MR) is 73.5 cm³/mol. The molecule has 1 saturated heterocycles. The summed E-state index contributed by atoms with van der Waals surface area (Å²) < 4.78 is 0.614. The van der Waals surface area contributed by atoms with Crippen molar-refractivity contribution in [1.82, 2.24) is 4.90 Å². The van der Waals surface area contributed by atoms with E-state index in [4.69, 9.17) is 10.8 Å². The first kappa shape index (κ1) is 13.2. The van der Waals surface area contributed by atoms with Crippen LogP contribution in [0.1, 0.15) is 10.4 Å². The number of anilines is 1. The molecule has 1 aromatic carbocycles. The number of thioether (sulfide) groups is 1. The molecule has 1 aliphatic rings. The highest BCUT2D eigenvalue weighted by Crippen LogP contribution is 2.27. The van der Waals surface area contributed by atoms with E-state index in [-0.39, 0.29) is 5.91 Å². The van der Waals surface area contributed by atoms with Gasteiger partial charge >= 0.3 is 5.97 Å². The number of nitrogens with two attached hydrogens (primary N) is 1. The van der Waals surface area contributed by atoms with Crippen LogP contribution in [0.3, 0.4) is 0 Å². The van der Waals surface area contributed by atoms with Gasteiger partial charge in [0.05, 0.1) is 11.4 Å². The van der Waals surface area contributed by atoms with E-state index in [2.05, 4.69) is 15.9 Å². The smallest absolute Gasteiger partial charge is 0.327 e. The van der Waals surface area contributed by atoms with Crippen molar-refractivity contribution in [1.29, 1.82) is 0 Å². The highest BCUT2D eigenvalue weighted by Gasteiger charge is 2.35. The lowest BCUT2D eigenvalue weighted by molar-refractivity contribution is -0.140. The summed E-state index contributed by atoms with van der Waals surface area (Å²) in [5.74, 6) is -0.488. The van der Waals surface area contributed by atoms with Gasteiger partial charge in [-0.15, -0.1) is 11.8 Å². The number of amides is 1. The second-order valence-electron chi connectivity index (χ2n) is 3.87. The van der Waals surface area contributed by atoms with Gasteiger partial charge in [-0.1, -0.05) is 0 Å². The van der Waals surface area contributed by atoms with Crippen LogP contribution in [0.25, 0.3) is 0 Å². The van der Waals surface area contributed by atoms with Gasteiger partial charge in [-0.3, -0.25) is 4.79 Å². The van der Waals surface area contributed by atoms with Crippen LogP contribution < -0.4 is 5.73 Å². The molecule has 0 aliphatic carbocycles. The van der Waals surface area contributed by atoms with Gasteiger partial charge in [-0.25, -0.2) is 4.79 Å². The number of nitrogen functional groups attached to an aromatic ring is 1. The van der Waals surface area contributed by atoms with Crippen LogP contribution in [-0.4, -0.2) is 39.6 Å². The third-order valence-electron chi connectivity index (χ3n) is 2.65. The van der Waals surface area contributed by atoms with Gasteiger partial charge in [0, 0.05) is 15.9 Å². The number of carboxylic acids is 1. The van der Waals surface area contributed by atoms with E-state index in [1.54, 1.807) is 18.2 Å². The number of aliphatic carboxylic acids is 1. The molecule has 0 saturated carbocycles. The van der Waals surface area contributed by atoms with Crippen LogP contribution in [0.5, 0.6) is 0 Å². The standard InChI is InChI=1S/C11H11BrN2O3S/c12-8-2-1-6(13)3-7(8)10(15)14-5-18-4-9(14)11(16)17/h1-3,9H,4-5,13H2,(H,16,17)/t9-/m0/s1. The molecular weight excluding hydrogens is 320 g/mol. The van der Waals surface area contributed by atoms with Crippen LogP contribution in [0, 0.1) is 0 Å². The Labute approximate surface area is 116 Å². The third-order valence-corrected chi connectivity index (χ3v) is 4.35. The molecule has 0 spiro atoms. The maximum Gasteiger partial charge on any atom is 0.327 e. The molecule has 1 aromatic rings. The molecule has 7 heteroatoms. The average molecular weight is 331 g/mol. The van der Waals surface area contributed by atoms with Crippen molar-refractivity contribution in [2.75, 3.05) is 17.4 Å². The van der Waals surface area contributed by atoms with Gasteiger partial charge in [0.1, 0.15) is 6.04 Å². The number of halogens is 1. The summed E-state index contributed by atoms with van der Waals surface area (Å²) >= 11 is 4.71. The Hall–Kier alpha value is -1.21. The highest BCUT2D eigenvalue weighted by molar-refractivity contribution is 9.10. The fourth-order valence-electron chi connectivity index (χ4n) is 1.71. The maximum absolute atomic E-state index is 12.3. The Morgan fingerprint density at radius 2 is 2.22 bits per heavy atom. The van der Waals surface area contributed by atoms with E-state index in [9.17, 15) is 9.59 Å². The highest BCUT2D eigenvalue weighted by atomic mass is 79.9. The summed E-state index contributed by atoms with van der Waals surface area (Å²) in [4.78, 5) is 24.7. The quantitative estimate of drug-likeness (QED) is 0.805. The van der Waals surface area contributed by atoms with Crippen molar-refractivity contribution in [3.63, 3.8) is 0 Å². The summed E-state index contributed by atoms with van der Waals surface area (Å²) in [5.41, 5.74) is 6.51. The second kappa shape index (κ2) is 5.19. The Morgan fingerprint density at radius 3 is 2.89 bits per heavy atom. The number of carbonyl (C=O) groups is 2. The van der Waals surface area contributed by atoms with Crippen molar-refractivity contribution in [2.24, 2.45) is 0 Å². The molecule has 3 N–H and O–H groups in total. The second-order valence-corrected chi connectivity index (χ2v) is 5.72. The first-order chi connectivity index (χ1) is 8.50. The lowest BCUT2D eigenvalue weighted by Gasteiger charge is -2.21. The molecule has 2 rings (SSSR count). The van der Waals surface area contributed by atoms with Crippen LogP contribution in [0.2, 0.25) is 0 Å². The molecule has 1 fully saturated rings. The van der Waals surface area contributed by atoms with Crippen molar-refractivity contribution in [3.05, 3.63) is 28.2 Å². The van der Waals surface area contributed by atoms with Gasteiger partial charge in [-0.05, 0) is 34.1 Å². The summed E-state index contributed by atoms with van der Waals surface area (Å²) in [6, 6.07) is 4.14. The van der Waals surface area contributed by atoms with E-state index >= 15 is 0 Å². The zero-order valence-electron chi connectivity index (χ0n) is 9.30. The summed E-state index contributed by atoms with van der Waals surface area (Å²) in [6.45, 7) is 0. The van der Waals surface area contributed by atoms with E-state index in [1.165, 1.54) is 16.7 Å². The molecule has 1 aliphatic heterocycles. The zero-order valence-corrected chi connectivity index (χ0v) is 11.7. The molecule has 18 heavy (non-hydrogen) atoms. The third kappa shape index (κ3) is 2.46. The van der Waals surface area contributed by atoms with E-state index < -0.39 is 12.0 Å². The van der Waals surface area contributed by atoms with Crippen molar-refractivity contribution < 1.29 is 14.7 Å². The molecule has 0 radical (unpaired) electrons. The number of benzene rings is 1. The molecule has 0 unspecified atom stereocenters. The molecule has 0 bridgehead atoms. The lowest BCUT2D eigenvalue weighted by Crippen LogP contribution is -2.41. The minimum absolute atomic E-state index is 0.313. The Balaban J connectivity index is 2.31. The first-order valence-corrected chi connectivity index (χ1v) is 7.12. The lowest BCUT2D eigenvalue weighted by atomic mass is 10.1. The molecule has 1 amide bonds. The topological polar surface area (TPSA) is 83.6 Å². The van der Waals surface area contributed by atoms with Crippen molar-refractivity contribution >= 4 is 45.3 Å². The van der Waals surface area contributed by atoms with Crippen molar-refractivity contribution in [2.45, 2.75) is 6.04 Å². The van der Waals surface area contributed by atoms with E-state index in [0.29, 0.717) is 27.4 Å². The van der Waals surface area contributed by atoms with Gasteiger partial charge in [-0.2, -0.15) is 0 Å². The largest absolute Gasteiger partial charge is 0.480 e. The first-order valence-electron chi connectivity index (χ1n) is 5.17. The SMILES string of the molecule is Nc1ccc(Br)c(C(=O)N2CSC[C@H]2C(=O)O)c1. The normalized spacial score (nSPS) is 18.9. The summed E-state index contributed by atoms with van der Waals surface area (Å²) in [5, 5.41) is 9.06. The van der Waals surface area contributed by atoms with Crippen LogP contribution in [0.15, 0.2) is 22.7 Å². The van der Waals surface area contributed by atoms with Gasteiger partial charge in [0.15, 0.2) is 0 Å². The fourth-order valence-corrected chi connectivity index (χ4v) is 3.27. The number of nitrogens with zero attached hydrogens (tertiary/aromatic N) is 1. The van der Waals surface area contributed by atoms with Gasteiger partial charge in [0.2, 0.25) is 0 Å². The monoisotopic (exact) mass is 330 g/mol. The van der Waals surface area contributed by atoms with E-state index in [0.717, 1.165) is 0 Å². The molecule has 5 nitrogen and oxygen atoms in total. The Kier molecular flexibility index (Phi) is 3.82. The minimum atomic E-state index is -0.978. The van der Waals surface area contributed by atoms with Crippen LogP contribution in [-0.2, 0) is 4.79 Å². The molecule has 0 aromatic heterocycles. The maximum atomic E-state index is 12.3. The van der Waals surface area contributed by atoms with Crippen molar-refractivity contribution in [3.8, 4) is 0 Å². The predicted octanol–water partition coefficient (Wildman–Crippen LogP) is 1.63. The van der Waals surface area contributed by atoms with E-state index in [1.807, 2.05) is 0 Å². The summed E-state index contributed by atoms with van der Waals surface area (Å²) in [7, 11) is 0. The number of hydrogen-bond acceptors (Lipinski definition) is 4. The molecule has 96 valence electrons. The number of hydrogen-bond donors (Lipinski definition) is 2. The van der Waals surface area contributed by atoms with Crippen LogP contribution >= 0.6 is 27.7 Å². The Bertz CT molecular complexity index is 509. The molecule has 1 atom stereocenters. The number of carboxylic acid groups (broad SMARTS) is 1. The van der Waals surface area contributed by atoms with Crippen LogP contribution in [0.4, 0.5) is 5.69 Å². The minimum Gasteiger partial charge on any atom is -0.480 e. The fraction of sp³-hybridized carbons (Fsp3) is 0.273. The average Bonchev–Trinajstić information content (AvgIpc) is 2.80. The Morgan fingerprint density at radius 1 is 1.50 bits per heavy atom.